The average molecular weight is 294 g/mol. The first-order valence-electron chi connectivity index (χ1n) is 5.82. The van der Waals surface area contributed by atoms with Gasteiger partial charge in [-0.1, -0.05) is 13.8 Å². The number of carbonyl (C=O) groups is 2. The van der Waals surface area contributed by atoms with E-state index in [9.17, 15) is 18.0 Å². The molecule has 8 heteroatoms. The largest absolute Gasteiger partial charge is 0.481 e. The number of hydrogen-bond acceptors (Lipinski definition) is 4. The Hall–Kier alpha value is -1.15. The van der Waals surface area contributed by atoms with Crippen LogP contribution in [0.5, 0.6) is 0 Å². The zero-order valence-corrected chi connectivity index (χ0v) is 12.7. The van der Waals surface area contributed by atoms with Crippen molar-refractivity contribution >= 4 is 21.9 Å². The van der Waals surface area contributed by atoms with E-state index < -0.39 is 27.4 Å². The normalized spacial score (nSPS) is 15.3. The lowest BCUT2D eigenvalue weighted by molar-refractivity contribution is -0.139. The van der Waals surface area contributed by atoms with Gasteiger partial charge < -0.3 is 10.4 Å². The molecule has 1 unspecified atom stereocenters. The van der Waals surface area contributed by atoms with E-state index >= 15 is 0 Å². The standard InChI is InChI=1S/C11H22N2O5S/c1-8(2)11(3,6-10(15)16)12-9(14)7-13(4)19(5,17)18/h8H,6-7H2,1-5H3,(H,12,14)(H,15,16). The van der Waals surface area contributed by atoms with Crippen LogP contribution in [0.25, 0.3) is 0 Å². The molecule has 7 nitrogen and oxygen atoms in total. The number of hydrogen-bond donors (Lipinski definition) is 2. The molecular weight excluding hydrogens is 272 g/mol. The Morgan fingerprint density at radius 2 is 1.84 bits per heavy atom. The molecule has 0 aliphatic carbocycles. The average Bonchev–Trinajstić information content (AvgIpc) is 2.13. The lowest BCUT2D eigenvalue weighted by Crippen LogP contribution is -2.53. The molecule has 2 N–H and O–H groups in total. The fourth-order valence-electron chi connectivity index (χ4n) is 1.38. The molecule has 0 rings (SSSR count). The van der Waals surface area contributed by atoms with Gasteiger partial charge in [0.15, 0.2) is 0 Å². The third-order valence-corrected chi connectivity index (χ3v) is 4.41. The van der Waals surface area contributed by atoms with Gasteiger partial charge in [0.25, 0.3) is 0 Å². The summed E-state index contributed by atoms with van der Waals surface area (Å²) in [7, 11) is -2.15. The van der Waals surface area contributed by atoms with E-state index in [1.54, 1.807) is 20.8 Å². The molecule has 0 fully saturated rings. The van der Waals surface area contributed by atoms with E-state index in [1.807, 2.05) is 0 Å². The Morgan fingerprint density at radius 1 is 1.37 bits per heavy atom. The lowest BCUT2D eigenvalue weighted by atomic mass is 9.85. The van der Waals surface area contributed by atoms with Crippen LogP contribution in [0.2, 0.25) is 0 Å². The molecule has 0 saturated carbocycles. The van der Waals surface area contributed by atoms with Gasteiger partial charge in [-0.3, -0.25) is 9.59 Å². The van der Waals surface area contributed by atoms with Gasteiger partial charge >= 0.3 is 5.97 Å². The van der Waals surface area contributed by atoms with Crippen LogP contribution in [0.15, 0.2) is 0 Å². The second-order valence-electron chi connectivity index (χ2n) is 5.21. The van der Waals surface area contributed by atoms with Crippen molar-refractivity contribution in [1.82, 2.24) is 9.62 Å². The first kappa shape index (κ1) is 17.8. The number of sulfonamides is 1. The second-order valence-corrected chi connectivity index (χ2v) is 7.30. The maximum absolute atomic E-state index is 11.8. The number of nitrogens with one attached hydrogen (secondary N) is 1. The Morgan fingerprint density at radius 3 is 2.16 bits per heavy atom. The SMILES string of the molecule is CC(C)C(C)(CC(=O)O)NC(=O)CN(C)S(C)(=O)=O. The van der Waals surface area contributed by atoms with E-state index in [0.717, 1.165) is 10.6 Å². The predicted molar refractivity (Wildman–Crippen MR) is 71.1 cm³/mol. The Labute approximate surface area is 114 Å². The molecular formula is C11H22N2O5S. The summed E-state index contributed by atoms with van der Waals surface area (Å²) in [5, 5.41) is 11.5. The molecule has 0 heterocycles. The molecule has 0 radical (unpaired) electrons. The van der Waals surface area contributed by atoms with Crippen LogP contribution in [0.3, 0.4) is 0 Å². The number of aliphatic carboxylic acids is 1. The van der Waals surface area contributed by atoms with Gasteiger partial charge in [-0.2, -0.15) is 4.31 Å². The van der Waals surface area contributed by atoms with E-state index in [2.05, 4.69) is 5.32 Å². The molecule has 19 heavy (non-hydrogen) atoms. The quantitative estimate of drug-likeness (QED) is 0.681. The van der Waals surface area contributed by atoms with Gasteiger partial charge in [0, 0.05) is 12.6 Å². The summed E-state index contributed by atoms with van der Waals surface area (Å²) in [6, 6.07) is 0. The molecule has 0 bridgehead atoms. The number of carboxylic acids is 1. The fraction of sp³-hybridized carbons (Fsp3) is 0.818. The van der Waals surface area contributed by atoms with E-state index in [0.29, 0.717) is 0 Å². The number of likely N-dealkylation sites (N-methyl/N-ethyl adjacent to an activating group) is 1. The number of amides is 1. The molecule has 0 aliphatic rings. The van der Waals surface area contributed by atoms with Gasteiger partial charge in [-0.15, -0.1) is 0 Å². The van der Waals surface area contributed by atoms with E-state index in [4.69, 9.17) is 5.11 Å². The maximum Gasteiger partial charge on any atom is 0.305 e. The highest BCUT2D eigenvalue weighted by Gasteiger charge is 2.33. The summed E-state index contributed by atoms with van der Waals surface area (Å²) in [6.07, 6.45) is 0.776. The summed E-state index contributed by atoms with van der Waals surface area (Å²) >= 11 is 0. The smallest absolute Gasteiger partial charge is 0.305 e. The van der Waals surface area contributed by atoms with Crippen molar-refractivity contribution in [2.75, 3.05) is 19.8 Å². The summed E-state index contributed by atoms with van der Waals surface area (Å²) < 4.78 is 23.3. The van der Waals surface area contributed by atoms with Crippen LogP contribution in [0, 0.1) is 5.92 Å². The summed E-state index contributed by atoms with van der Waals surface area (Å²) in [5.41, 5.74) is -0.915. The number of nitrogens with zero attached hydrogens (tertiary/aromatic N) is 1. The van der Waals surface area contributed by atoms with Crippen LogP contribution in [-0.4, -0.2) is 55.1 Å². The molecule has 1 amide bonds. The van der Waals surface area contributed by atoms with Gasteiger partial charge in [-0.25, -0.2) is 8.42 Å². The van der Waals surface area contributed by atoms with Crippen LogP contribution < -0.4 is 5.32 Å². The highest BCUT2D eigenvalue weighted by atomic mass is 32.2. The van der Waals surface area contributed by atoms with Crippen LogP contribution in [-0.2, 0) is 19.6 Å². The topological polar surface area (TPSA) is 104 Å². The third-order valence-electron chi connectivity index (χ3n) is 3.15. The van der Waals surface area contributed by atoms with Crippen molar-refractivity contribution in [3.63, 3.8) is 0 Å². The third kappa shape index (κ3) is 6.02. The Kier molecular flexibility index (Phi) is 5.95. The molecule has 0 aromatic heterocycles. The number of carboxylic acid groups (broad SMARTS) is 1. The minimum Gasteiger partial charge on any atom is -0.481 e. The van der Waals surface area contributed by atoms with E-state index in [1.165, 1.54) is 7.05 Å². The number of carbonyl (C=O) groups excluding carboxylic acids is 1. The van der Waals surface area contributed by atoms with Crippen LogP contribution >= 0.6 is 0 Å². The van der Waals surface area contributed by atoms with Crippen molar-refractivity contribution in [2.24, 2.45) is 5.92 Å². The Balaban J connectivity index is 4.80. The maximum atomic E-state index is 11.8. The van der Waals surface area contributed by atoms with Crippen LogP contribution in [0.1, 0.15) is 27.2 Å². The van der Waals surface area contributed by atoms with Gasteiger partial charge in [0.2, 0.25) is 15.9 Å². The molecule has 0 aliphatic heterocycles. The summed E-state index contributed by atoms with van der Waals surface area (Å²) in [6.45, 7) is 4.89. The molecule has 0 aromatic carbocycles. The molecule has 112 valence electrons. The van der Waals surface area contributed by atoms with Crippen LogP contribution in [0.4, 0.5) is 0 Å². The fourth-order valence-corrected chi connectivity index (χ4v) is 1.74. The minimum absolute atomic E-state index is 0.101. The summed E-state index contributed by atoms with van der Waals surface area (Å²) in [5.74, 6) is -1.64. The highest BCUT2D eigenvalue weighted by Crippen LogP contribution is 2.20. The molecule has 1 atom stereocenters. The summed E-state index contributed by atoms with van der Waals surface area (Å²) in [4.78, 5) is 22.6. The number of rotatable bonds is 7. The molecule has 0 saturated heterocycles. The van der Waals surface area contributed by atoms with Crippen molar-refractivity contribution in [3.8, 4) is 0 Å². The zero-order chi connectivity index (χ0) is 15.4. The van der Waals surface area contributed by atoms with E-state index in [-0.39, 0.29) is 18.9 Å². The Bertz CT molecular complexity index is 446. The van der Waals surface area contributed by atoms with Crippen molar-refractivity contribution in [1.29, 1.82) is 0 Å². The monoisotopic (exact) mass is 294 g/mol. The predicted octanol–water partition coefficient (Wildman–Crippen LogP) is -0.117. The van der Waals surface area contributed by atoms with Crippen molar-refractivity contribution in [3.05, 3.63) is 0 Å². The van der Waals surface area contributed by atoms with Gasteiger partial charge in [-0.05, 0) is 12.8 Å². The first-order valence-corrected chi connectivity index (χ1v) is 7.67. The lowest BCUT2D eigenvalue weighted by Gasteiger charge is -2.34. The molecule has 0 spiro atoms. The minimum atomic E-state index is -3.44. The highest BCUT2D eigenvalue weighted by molar-refractivity contribution is 7.88. The second kappa shape index (κ2) is 6.33. The van der Waals surface area contributed by atoms with Crippen molar-refractivity contribution in [2.45, 2.75) is 32.7 Å². The first-order chi connectivity index (χ1) is 8.38. The van der Waals surface area contributed by atoms with Gasteiger partial charge in [0.05, 0.1) is 19.2 Å². The van der Waals surface area contributed by atoms with Gasteiger partial charge in [0.1, 0.15) is 0 Å². The van der Waals surface area contributed by atoms with Crippen molar-refractivity contribution < 1.29 is 23.1 Å². The zero-order valence-electron chi connectivity index (χ0n) is 11.9. The molecule has 0 aromatic rings.